The quantitative estimate of drug-likeness (QED) is 0.511. The molecule has 3 N–H and O–H groups in total. The molecule has 0 rings (SSSR count). The zero-order valence-corrected chi connectivity index (χ0v) is 6.35. The average Bonchev–Trinajstić information content (AvgIpc) is 1.87. The van der Waals surface area contributed by atoms with E-state index in [1.165, 1.54) is 0 Å². The summed E-state index contributed by atoms with van der Waals surface area (Å²) < 4.78 is 0. The molecule has 0 aromatic carbocycles. The number of amides is 2. The Bertz CT molecular complexity index is 104. The summed E-state index contributed by atoms with van der Waals surface area (Å²) in [6, 6.07) is -0.208. The fourth-order valence-electron chi connectivity index (χ4n) is 0.483. The zero-order valence-electron chi connectivity index (χ0n) is 6.35. The molecule has 0 saturated carbocycles. The van der Waals surface area contributed by atoms with E-state index < -0.39 is 0 Å². The van der Waals surface area contributed by atoms with Crippen molar-refractivity contribution in [3.8, 4) is 0 Å². The minimum Gasteiger partial charge on any atom is -0.393 e. The van der Waals surface area contributed by atoms with Gasteiger partial charge in [-0.1, -0.05) is 0 Å². The lowest BCUT2D eigenvalue weighted by atomic mass is 10.3. The number of aliphatic hydroxyl groups is 1. The van der Waals surface area contributed by atoms with Gasteiger partial charge in [0.1, 0.15) is 0 Å². The Hall–Kier alpha value is -0.770. The number of rotatable bonds is 3. The van der Waals surface area contributed by atoms with E-state index in [1.807, 2.05) is 0 Å². The van der Waals surface area contributed by atoms with Crippen molar-refractivity contribution in [2.24, 2.45) is 0 Å². The van der Waals surface area contributed by atoms with Gasteiger partial charge in [0.2, 0.25) is 0 Å². The van der Waals surface area contributed by atoms with Gasteiger partial charge in [0.25, 0.3) is 0 Å². The predicted molar refractivity (Wildman–Crippen MR) is 38.8 cm³/mol. The first-order valence-corrected chi connectivity index (χ1v) is 3.30. The van der Waals surface area contributed by atoms with Gasteiger partial charge in [-0.2, -0.15) is 0 Å². The second-order valence-corrected chi connectivity index (χ2v) is 2.14. The van der Waals surface area contributed by atoms with Crippen LogP contribution in [0.25, 0.3) is 0 Å². The summed E-state index contributed by atoms with van der Waals surface area (Å²) in [4.78, 5) is 10.5. The van der Waals surface area contributed by atoms with Crippen molar-refractivity contribution in [1.29, 1.82) is 0 Å². The molecule has 0 spiro atoms. The van der Waals surface area contributed by atoms with E-state index in [2.05, 4.69) is 10.6 Å². The summed E-state index contributed by atoms with van der Waals surface area (Å²) in [5.41, 5.74) is 0. The third-order valence-electron chi connectivity index (χ3n) is 1.07. The van der Waals surface area contributed by atoms with Crippen LogP contribution in [-0.4, -0.2) is 30.8 Å². The van der Waals surface area contributed by atoms with Crippen LogP contribution >= 0.6 is 0 Å². The Kier molecular flexibility index (Phi) is 4.66. The number of carbonyl (C=O) groups is 1. The van der Waals surface area contributed by atoms with Crippen molar-refractivity contribution < 1.29 is 9.90 Å². The number of aliphatic hydroxyl groups excluding tert-OH is 1. The molecule has 4 heteroatoms. The standard InChI is InChI=1S/C6H14N2O2/c1-5(9)3-4-8-6(10)7-2/h5,9H,3-4H2,1-2H3,(H2,7,8,10)/t5-/m1/s1. The van der Waals surface area contributed by atoms with E-state index in [9.17, 15) is 4.79 Å². The second kappa shape index (κ2) is 5.05. The predicted octanol–water partition coefficient (Wildman–Crippen LogP) is -0.314. The molecular weight excluding hydrogens is 132 g/mol. The summed E-state index contributed by atoms with van der Waals surface area (Å²) >= 11 is 0. The molecule has 0 unspecified atom stereocenters. The van der Waals surface area contributed by atoms with E-state index in [-0.39, 0.29) is 12.1 Å². The fraction of sp³-hybridized carbons (Fsp3) is 0.833. The summed E-state index contributed by atoms with van der Waals surface area (Å²) in [5, 5.41) is 13.7. The molecule has 4 nitrogen and oxygen atoms in total. The highest BCUT2D eigenvalue weighted by molar-refractivity contribution is 5.73. The van der Waals surface area contributed by atoms with Crippen LogP contribution in [0, 0.1) is 0 Å². The highest BCUT2D eigenvalue weighted by Crippen LogP contribution is 1.84. The molecule has 0 fully saturated rings. The molecule has 0 saturated heterocycles. The minimum atomic E-state index is -0.350. The molecule has 0 aromatic heterocycles. The first-order valence-electron chi connectivity index (χ1n) is 3.30. The molecule has 0 radical (unpaired) electrons. The Labute approximate surface area is 60.6 Å². The fourth-order valence-corrected chi connectivity index (χ4v) is 0.483. The molecule has 1 atom stereocenters. The maximum absolute atomic E-state index is 10.5. The van der Waals surface area contributed by atoms with Crippen LogP contribution in [0.5, 0.6) is 0 Å². The lowest BCUT2D eigenvalue weighted by molar-refractivity contribution is 0.183. The molecule has 0 bridgehead atoms. The smallest absolute Gasteiger partial charge is 0.314 e. The zero-order chi connectivity index (χ0) is 7.98. The molecule has 2 amide bonds. The molecular formula is C6H14N2O2. The Balaban J connectivity index is 3.12. The normalized spacial score (nSPS) is 12.3. The Morgan fingerprint density at radius 1 is 1.70 bits per heavy atom. The molecule has 0 aliphatic rings. The van der Waals surface area contributed by atoms with Crippen molar-refractivity contribution in [1.82, 2.24) is 10.6 Å². The van der Waals surface area contributed by atoms with Crippen LogP contribution in [0.2, 0.25) is 0 Å². The van der Waals surface area contributed by atoms with Gasteiger partial charge in [-0.15, -0.1) is 0 Å². The van der Waals surface area contributed by atoms with Crippen LogP contribution in [0.3, 0.4) is 0 Å². The average molecular weight is 146 g/mol. The SMILES string of the molecule is CNC(=O)NCC[C@@H](C)O. The summed E-state index contributed by atoms with van der Waals surface area (Å²) in [5.74, 6) is 0. The summed E-state index contributed by atoms with van der Waals surface area (Å²) in [7, 11) is 1.55. The minimum absolute atomic E-state index is 0.208. The first kappa shape index (κ1) is 9.23. The van der Waals surface area contributed by atoms with Crippen LogP contribution in [0.4, 0.5) is 4.79 Å². The van der Waals surface area contributed by atoms with E-state index >= 15 is 0 Å². The number of hydrogen-bond acceptors (Lipinski definition) is 2. The van der Waals surface area contributed by atoms with Gasteiger partial charge in [-0.3, -0.25) is 0 Å². The van der Waals surface area contributed by atoms with Crippen molar-refractivity contribution >= 4 is 6.03 Å². The van der Waals surface area contributed by atoms with Crippen LogP contribution < -0.4 is 10.6 Å². The topological polar surface area (TPSA) is 61.4 Å². The monoisotopic (exact) mass is 146 g/mol. The number of nitrogens with one attached hydrogen (secondary N) is 2. The molecule has 10 heavy (non-hydrogen) atoms. The summed E-state index contributed by atoms with van der Waals surface area (Å²) in [6.45, 7) is 2.20. The van der Waals surface area contributed by atoms with E-state index in [4.69, 9.17) is 5.11 Å². The van der Waals surface area contributed by atoms with Crippen molar-refractivity contribution in [2.75, 3.05) is 13.6 Å². The van der Waals surface area contributed by atoms with Gasteiger partial charge in [-0.05, 0) is 13.3 Å². The number of urea groups is 1. The van der Waals surface area contributed by atoms with Gasteiger partial charge < -0.3 is 15.7 Å². The van der Waals surface area contributed by atoms with Crippen molar-refractivity contribution in [3.05, 3.63) is 0 Å². The van der Waals surface area contributed by atoms with Crippen LogP contribution in [0.1, 0.15) is 13.3 Å². The first-order chi connectivity index (χ1) is 4.66. The highest BCUT2D eigenvalue weighted by atomic mass is 16.3. The molecule has 60 valence electrons. The summed E-state index contributed by atoms with van der Waals surface area (Å²) in [6.07, 6.45) is 0.241. The third kappa shape index (κ3) is 5.37. The Morgan fingerprint density at radius 3 is 2.70 bits per heavy atom. The second-order valence-electron chi connectivity index (χ2n) is 2.14. The maximum atomic E-state index is 10.5. The van der Waals surface area contributed by atoms with Gasteiger partial charge >= 0.3 is 6.03 Å². The molecule has 0 aromatic rings. The third-order valence-corrected chi connectivity index (χ3v) is 1.07. The maximum Gasteiger partial charge on any atom is 0.314 e. The van der Waals surface area contributed by atoms with Gasteiger partial charge in [0.15, 0.2) is 0 Å². The van der Waals surface area contributed by atoms with E-state index in [0.29, 0.717) is 13.0 Å². The molecule has 0 aliphatic heterocycles. The highest BCUT2D eigenvalue weighted by Gasteiger charge is 1.96. The Morgan fingerprint density at radius 2 is 2.30 bits per heavy atom. The largest absolute Gasteiger partial charge is 0.393 e. The van der Waals surface area contributed by atoms with Crippen LogP contribution in [-0.2, 0) is 0 Å². The van der Waals surface area contributed by atoms with Gasteiger partial charge in [0.05, 0.1) is 6.10 Å². The van der Waals surface area contributed by atoms with Crippen molar-refractivity contribution in [3.63, 3.8) is 0 Å². The van der Waals surface area contributed by atoms with Gasteiger partial charge in [-0.25, -0.2) is 4.79 Å². The lowest BCUT2D eigenvalue weighted by Crippen LogP contribution is -2.34. The lowest BCUT2D eigenvalue weighted by Gasteiger charge is -2.04. The molecule has 0 heterocycles. The molecule has 0 aliphatic carbocycles. The van der Waals surface area contributed by atoms with Crippen molar-refractivity contribution in [2.45, 2.75) is 19.4 Å². The number of hydrogen-bond donors (Lipinski definition) is 3. The van der Waals surface area contributed by atoms with E-state index in [1.54, 1.807) is 14.0 Å². The van der Waals surface area contributed by atoms with Crippen LogP contribution in [0.15, 0.2) is 0 Å². The van der Waals surface area contributed by atoms with Gasteiger partial charge in [0, 0.05) is 13.6 Å². The van der Waals surface area contributed by atoms with E-state index in [0.717, 1.165) is 0 Å². The number of carbonyl (C=O) groups excluding carboxylic acids is 1.